The van der Waals surface area contributed by atoms with Gasteiger partial charge in [0, 0.05) is 39.2 Å². The summed E-state index contributed by atoms with van der Waals surface area (Å²) in [5.74, 6) is 0.510. The predicted octanol–water partition coefficient (Wildman–Crippen LogP) is 10.0. The Morgan fingerprint density at radius 3 is 1.65 bits per heavy atom. The summed E-state index contributed by atoms with van der Waals surface area (Å²) in [6, 6.07) is 40.0. The van der Waals surface area contributed by atoms with Crippen LogP contribution in [-0.2, 0) is 0 Å². The number of benzene rings is 6. The van der Waals surface area contributed by atoms with Crippen molar-refractivity contribution in [2.24, 2.45) is 0 Å². The number of nitro benzene ring substituents is 2. The number of hydrogen-bond acceptors (Lipinski definition) is 8. The van der Waals surface area contributed by atoms with E-state index in [0.29, 0.717) is 34.6 Å². The molecule has 0 aliphatic heterocycles. The number of rotatable bonds is 5. The van der Waals surface area contributed by atoms with Gasteiger partial charge in [0.25, 0.3) is 11.4 Å². The van der Waals surface area contributed by atoms with E-state index in [1.165, 1.54) is 12.1 Å². The Kier molecular flexibility index (Phi) is 9.46. The highest BCUT2D eigenvalue weighted by molar-refractivity contribution is 9.10. The zero-order chi connectivity index (χ0) is 33.6. The van der Waals surface area contributed by atoms with Gasteiger partial charge in [0.2, 0.25) is 0 Å². The Bertz CT molecular complexity index is 2420. The lowest BCUT2D eigenvalue weighted by atomic mass is 10.0. The summed E-state index contributed by atoms with van der Waals surface area (Å²) in [6.45, 7) is 0. The van der Waals surface area contributed by atoms with Gasteiger partial charge in [-0.2, -0.15) is 0 Å². The summed E-state index contributed by atoms with van der Waals surface area (Å²) >= 11 is 3.06. The first-order chi connectivity index (χ1) is 23.4. The molecular formula is C36H23BBrN2O8. The third-order valence-corrected chi connectivity index (χ3v) is 8.06. The molecule has 1 N–H and O–H groups in total. The molecule has 8 aromatic rings. The van der Waals surface area contributed by atoms with E-state index in [-0.39, 0.29) is 16.3 Å². The second kappa shape index (κ2) is 14.2. The minimum absolute atomic E-state index is 0.0791. The second-order valence-corrected chi connectivity index (χ2v) is 11.1. The van der Waals surface area contributed by atoms with Gasteiger partial charge >= 0.3 is 7.69 Å². The maximum Gasteiger partial charge on any atom is 0.569 e. The van der Waals surface area contributed by atoms with E-state index in [0.717, 1.165) is 38.3 Å². The second-order valence-electron chi connectivity index (χ2n) is 10.2. The van der Waals surface area contributed by atoms with Crippen molar-refractivity contribution in [3.8, 4) is 16.9 Å². The molecule has 0 bridgehead atoms. The minimum Gasteiger partial charge on any atom is -0.535 e. The normalized spacial score (nSPS) is 10.6. The first kappa shape index (κ1) is 32.0. The molecule has 0 amide bonds. The van der Waals surface area contributed by atoms with Gasteiger partial charge in [0.1, 0.15) is 22.5 Å². The number of furan rings is 2. The molecule has 0 spiro atoms. The largest absolute Gasteiger partial charge is 0.569 e. The molecule has 0 fully saturated rings. The standard InChI is InChI=1S/C18H11NO3.C12H8BO3.C6H4BrNO2/c20-19(21)16-10-3-1-6-12(16)14-8-5-9-15-13-7-2-4-11-17(13)22-18(14)15;14-13-16-11-7-3-5-9-8-4-1-2-6-10(8)15-12(9)11;7-5-3-1-2-4-6(5)8(9)10/h1-11H;1-7,14H;1-4H. The molecule has 48 heavy (non-hydrogen) atoms. The number of nitro groups is 2. The van der Waals surface area contributed by atoms with Crippen LogP contribution < -0.4 is 4.65 Å². The topological polar surface area (TPSA) is 142 Å². The molecular weight excluding hydrogens is 679 g/mol. The van der Waals surface area contributed by atoms with E-state index in [1.54, 1.807) is 42.5 Å². The molecule has 235 valence electrons. The molecule has 0 unspecified atom stereocenters. The molecule has 2 aromatic heterocycles. The highest BCUT2D eigenvalue weighted by Gasteiger charge is 2.19. The lowest BCUT2D eigenvalue weighted by molar-refractivity contribution is -0.385. The molecule has 1 radical (unpaired) electrons. The maximum absolute atomic E-state index is 11.3. The van der Waals surface area contributed by atoms with Crippen molar-refractivity contribution in [3.05, 3.63) is 158 Å². The Labute approximate surface area is 281 Å². The predicted molar refractivity (Wildman–Crippen MR) is 189 cm³/mol. The van der Waals surface area contributed by atoms with Gasteiger partial charge in [-0.3, -0.25) is 20.2 Å². The van der Waals surface area contributed by atoms with Crippen molar-refractivity contribution >= 4 is 78.9 Å². The first-order valence-electron chi connectivity index (χ1n) is 14.4. The third kappa shape index (κ3) is 6.48. The van der Waals surface area contributed by atoms with Crippen LogP contribution in [0.4, 0.5) is 11.4 Å². The molecule has 0 saturated carbocycles. The average Bonchev–Trinajstić information content (AvgIpc) is 3.68. The monoisotopic (exact) mass is 701 g/mol. The van der Waals surface area contributed by atoms with Crippen molar-refractivity contribution in [2.45, 2.75) is 0 Å². The number of halogens is 1. The van der Waals surface area contributed by atoms with Gasteiger partial charge in [-0.25, -0.2) is 0 Å². The van der Waals surface area contributed by atoms with Crippen molar-refractivity contribution in [1.29, 1.82) is 0 Å². The van der Waals surface area contributed by atoms with Crippen molar-refractivity contribution in [3.63, 3.8) is 0 Å². The molecule has 10 nitrogen and oxygen atoms in total. The number of fused-ring (bicyclic) bond motifs is 6. The van der Waals surface area contributed by atoms with Gasteiger partial charge < -0.3 is 18.5 Å². The number of nitrogens with zero attached hydrogens (tertiary/aromatic N) is 2. The zero-order valence-corrected chi connectivity index (χ0v) is 26.4. The Balaban J connectivity index is 0.000000135. The van der Waals surface area contributed by atoms with Gasteiger partial charge in [0.05, 0.1) is 19.9 Å². The summed E-state index contributed by atoms with van der Waals surface area (Å²) in [5.41, 5.74) is 4.40. The smallest absolute Gasteiger partial charge is 0.535 e. The molecule has 0 aliphatic rings. The lowest BCUT2D eigenvalue weighted by Crippen LogP contribution is -1.99. The third-order valence-electron chi connectivity index (χ3n) is 7.39. The van der Waals surface area contributed by atoms with Crippen LogP contribution in [0, 0.1) is 20.2 Å². The molecule has 8 rings (SSSR count). The summed E-state index contributed by atoms with van der Waals surface area (Å²) in [6.07, 6.45) is 0. The molecule has 0 aliphatic carbocycles. The fourth-order valence-corrected chi connectivity index (χ4v) is 5.72. The Morgan fingerprint density at radius 1 is 0.562 bits per heavy atom. The lowest BCUT2D eigenvalue weighted by Gasteiger charge is -2.03. The van der Waals surface area contributed by atoms with E-state index in [9.17, 15) is 20.2 Å². The first-order valence-corrected chi connectivity index (χ1v) is 15.2. The van der Waals surface area contributed by atoms with Crippen LogP contribution in [0.15, 0.2) is 147 Å². The highest BCUT2D eigenvalue weighted by atomic mass is 79.9. The summed E-state index contributed by atoms with van der Waals surface area (Å²) in [5, 5.41) is 34.1. The fraction of sp³-hybridized carbons (Fsp3) is 0. The summed E-state index contributed by atoms with van der Waals surface area (Å²) < 4.78 is 17.1. The quantitative estimate of drug-likeness (QED) is 0.106. The zero-order valence-electron chi connectivity index (χ0n) is 24.9. The molecule has 6 aromatic carbocycles. The summed E-state index contributed by atoms with van der Waals surface area (Å²) in [4.78, 5) is 20.7. The average molecular weight is 702 g/mol. The van der Waals surface area contributed by atoms with E-state index in [2.05, 4.69) is 15.9 Å². The Morgan fingerprint density at radius 2 is 1.04 bits per heavy atom. The van der Waals surface area contributed by atoms with E-state index >= 15 is 0 Å². The maximum atomic E-state index is 11.3. The molecule has 0 saturated heterocycles. The van der Waals surface area contributed by atoms with Gasteiger partial charge in [-0.05, 0) is 46.3 Å². The van der Waals surface area contributed by atoms with Gasteiger partial charge in [-0.1, -0.05) is 91.0 Å². The molecule has 12 heteroatoms. The SMILES string of the molecule is O=[N+]([O-])c1ccccc1-c1cccc2c1oc1ccccc12.O=[N+]([O-])c1ccccc1Br.O[B]Oc1cccc2c1oc1ccccc12. The minimum atomic E-state index is -0.427. The number of para-hydroxylation sites is 6. The summed E-state index contributed by atoms with van der Waals surface area (Å²) in [7, 11) is 0.655. The van der Waals surface area contributed by atoms with E-state index < -0.39 is 4.92 Å². The van der Waals surface area contributed by atoms with Crippen LogP contribution in [0.1, 0.15) is 0 Å². The van der Waals surface area contributed by atoms with Crippen LogP contribution in [0.25, 0.3) is 55.0 Å². The molecule has 0 atom stereocenters. The number of hydrogen-bond donors (Lipinski definition) is 1. The van der Waals surface area contributed by atoms with Crippen molar-refractivity contribution in [2.75, 3.05) is 0 Å². The Hall–Kier alpha value is -5.98. The van der Waals surface area contributed by atoms with Crippen LogP contribution in [-0.4, -0.2) is 22.6 Å². The van der Waals surface area contributed by atoms with Crippen LogP contribution in [0.2, 0.25) is 0 Å². The van der Waals surface area contributed by atoms with E-state index in [1.807, 2.05) is 78.9 Å². The van der Waals surface area contributed by atoms with Crippen LogP contribution >= 0.6 is 15.9 Å². The van der Waals surface area contributed by atoms with Gasteiger partial charge in [-0.15, -0.1) is 0 Å². The van der Waals surface area contributed by atoms with Gasteiger partial charge in [0.15, 0.2) is 5.58 Å². The van der Waals surface area contributed by atoms with Crippen molar-refractivity contribution < 1.29 is 28.4 Å². The van der Waals surface area contributed by atoms with Crippen LogP contribution in [0.5, 0.6) is 5.75 Å². The highest BCUT2D eigenvalue weighted by Crippen LogP contribution is 2.39. The van der Waals surface area contributed by atoms with Crippen LogP contribution in [0.3, 0.4) is 0 Å². The fourth-order valence-electron chi connectivity index (χ4n) is 5.29. The molecule has 2 heterocycles. The van der Waals surface area contributed by atoms with E-state index in [4.69, 9.17) is 18.5 Å². The van der Waals surface area contributed by atoms with Crippen molar-refractivity contribution in [1.82, 2.24) is 0 Å².